The Hall–Kier alpha value is -0.0317. The first-order chi connectivity index (χ1) is 2.91. The van der Waals surface area contributed by atoms with E-state index in [4.69, 9.17) is 6.58 Å². The molecule has 0 atom stereocenters. The minimum atomic E-state index is 1.25. The van der Waals surface area contributed by atoms with E-state index >= 15 is 0 Å². The van der Waals surface area contributed by atoms with Crippen molar-refractivity contribution in [3.8, 4) is 0 Å². The standard InChI is InChI=1S/C4H4N.Pt/c1-3-5-4-2;/h1-4H;/q-1;. The van der Waals surface area contributed by atoms with Gasteiger partial charge < -0.3 is 0 Å². The van der Waals surface area contributed by atoms with Crippen molar-refractivity contribution in [3.63, 3.8) is 0 Å². The van der Waals surface area contributed by atoms with E-state index in [-0.39, 0.29) is 0 Å². The third-order valence-electron chi connectivity index (χ3n) is 0.219. The molecule has 0 fully saturated rings. The number of nitrogens with zero attached hydrogens (tertiary/aromatic N) is 1. The van der Waals surface area contributed by atoms with Crippen molar-refractivity contribution in [1.82, 2.24) is 0 Å². The molecule has 0 radical (unpaired) electrons. The zero-order chi connectivity index (χ0) is 4.83. The van der Waals surface area contributed by atoms with Crippen LogP contribution in [0.5, 0.6) is 0 Å². The van der Waals surface area contributed by atoms with Gasteiger partial charge in [-0.15, -0.1) is 0 Å². The van der Waals surface area contributed by atoms with Crippen LogP contribution in [0, 0.1) is 6.58 Å². The summed E-state index contributed by atoms with van der Waals surface area (Å²) in [4.78, 5) is 3.56. The molecule has 0 aliphatic rings. The molecular formula is C4H4NPt-. The average Bonchev–Trinajstić information content (AvgIpc) is 1.61. The molecule has 0 rings (SSSR count). The van der Waals surface area contributed by atoms with Crippen LogP contribution in [0.1, 0.15) is 0 Å². The van der Waals surface area contributed by atoms with E-state index in [1.807, 2.05) is 19.4 Å². The summed E-state index contributed by atoms with van der Waals surface area (Å²) in [5.41, 5.74) is 0. The van der Waals surface area contributed by atoms with E-state index in [0.717, 1.165) is 0 Å². The van der Waals surface area contributed by atoms with E-state index in [9.17, 15) is 0 Å². The first-order valence-electron chi connectivity index (χ1n) is 1.37. The molecule has 6 heavy (non-hydrogen) atoms. The molecule has 0 aromatic rings. The Morgan fingerprint density at radius 1 is 1.67 bits per heavy atom. The van der Waals surface area contributed by atoms with Crippen LogP contribution in [0.25, 0.3) is 0 Å². The van der Waals surface area contributed by atoms with E-state index in [1.54, 1.807) is 10.6 Å². The Balaban J connectivity index is 3.17. The van der Waals surface area contributed by atoms with Gasteiger partial charge in [-0.25, -0.2) is 0 Å². The fourth-order valence-electron chi connectivity index (χ4n) is 0.0769. The van der Waals surface area contributed by atoms with Crippen LogP contribution in [0.15, 0.2) is 11.2 Å². The molecular weight excluding hydrogens is 257 g/mol. The van der Waals surface area contributed by atoms with Crippen LogP contribution in [-0.4, -0.2) is 10.6 Å². The molecule has 0 aromatic heterocycles. The first-order valence-corrected chi connectivity index (χ1v) is 2.68. The second-order valence-corrected chi connectivity index (χ2v) is 1.31. The van der Waals surface area contributed by atoms with Crippen LogP contribution in [0.2, 0.25) is 0 Å². The Bertz CT molecular complexity index is 65.6. The van der Waals surface area contributed by atoms with Gasteiger partial charge in [-0.05, 0) is 0 Å². The summed E-state index contributed by atoms with van der Waals surface area (Å²) >= 11 is 2.05. The Morgan fingerprint density at radius 2 is 2.33 bits per heavy atom. The molecule has 0 aliphatic heterocycles. The first kappa shape index (κ1) is 5.97. The van der Waals surface area contributed by atoms with Crippen molar-refractivity contribution < 1.29 is 19.4 Å². The Morgan fingerprint density at radius 3 is 2.50 bits per heavy atom. The molecule has 0 aromatic carbocycles. The third kappa shape index (κ3) is 3.97. The molecule has 0 unspecified atom stereocenters. The van der Waals surface area contributed by atoms with E-state index in [1.165, 1.54) is 6.20 Å². The molecule has 0 saturated carbocycles. The molecule has 2 heteroatoms. The van der Waals surface area contributed by atoms with Crippen LogP contribution in [0.4, 0.5) is 0 Å². The Kier molecular flexibility index (Phi) is 4.94. The predicted octanol–water partition coefficient (Wildman–Crippen LogP) is 0.353. The van der Waals surface area contributed by atoms with Crippen molar-refractivity contribution in [1.29, 1.82) is 0 Å². The monoisotopic (exact) mass is 261 g/mol. The molecule has 0 aliphatic carbocycles. The van der Waals surface area contributed by atoms with Gasteiger partial charge in [0.2, 0.25) is 0 Å². The van der Waals surface area contributed by atoms with Crippen molar-refractivity contribution in [2.75, 3.05) is 0 Å². The molecule has 1 nitrogen and oxygen atoms in total. The summed E-state index contributed by atoms with van der Waals surface area (Å²) in [7, 11) is 0. The second-order valence-electron chi connectivity index (χ2n) is 0.553. The summed E-state index contributed by atoms with van der Waals surface area (Å²) in [6, 6.07) is 0. The van der Waals surface area contributed by atoms with E-state index < -0.39 is 0 Å². The van der Waals surface area contributed by atoms with Gasteiger partial charge in [0.25, 0.3) is 0 Å². The van der Waals surface area contributed by atoms with Gasteiger partial charge in [-0.2, -0.15) is 0 Å². The third-order valence-corrected chi connectivity index (χ3v) is 0.558. The predicted molar refractivity (Wildman–Crippen MR) is 23.4 cm³/mol. The summed E-state index contributed by atoms with van der Waals surface area (Å²) in [5.74, 6) is 0. The van der Waals surface area contributed by atoms with Crippen molar-refractivity contribution >= 4 is 10.6 Å². The fourth-order valence-corrected chi connectivity index (χ4v) is 0.272. The molecule has 0 N–H and O–H groups in total. The number of aliphatic imine (C=N–C) groups is 1. The summed E-state index contributed by atoms with van der Waals surface area (Å²) in [5, 5.41) is 0. The van der Waals surface area contributed by atoms with Crippen molar-refractivity contribution in [3.05, 3.63) is 12.8 Å². The molecule has 0 saturated heterocycles. The van der Waals surface area contributed by atoms with Gasteiger partial charge in [0.1, 0.15) is 0 Å². The quantitative estimate of drug-likeness (QED) is 0.502. The van der Waals surface area contributed by atoms with Crippen LogP contribution < -0.4 is 0 Å². The molecule has 0 bridgehead atoms. The molecule has 36 valence electrons. The SMILES string of the molecule is [CH-]=CN=C[CH]=[Pt]. The van der Waals surface area contributed by atoms with Crippen molar-refractivity contribution in [2.24, 2.45) is 4.99 Å². The van der Waals surface area contributed by atoms with E-state index in [2.05, 4.69) is 4.99 Å². The molecule has 0 heterocycles. The topological polar surface area (TPSA) is 12.4 Å². The van der Waals surface area contributed by atoms with Gasteiger partial charge in [-0.1, -0.05) is 0 Å². The van der Waals surface area contributed by atoms with Crippen LogP contribution in [-0.2, 0) is 19.4 Å². The Labute approximate surface area is 48.2 Å². The van der Waals surface area contributed by atoms with Gasteiger partial charge >= 0.3 is 47.7 Å². The summed E-state index contributed by atoms with van der Waals surface area (Å²) < 4.78 is 1.78. The molecule has 0 spiro atoms. The normalized spacial score (nSPS) is 9.00. The zero-order valence-corrected chi connectivity index (χ0v) is 5.35. The summed E-state index contributed by atoms with van der Waals surface area (Å²) in [6.07, 6.45) is 2.86. The maximum absolute atomic E-state index is 4.87. The second kappa shape index (κ2) is 4.97. The van der Waals surface area contributed by atoms with E-state index in [0.29, 0.717) is 0 Å². The number of rotatable bonds is 2. The minimum absolute atomic E-state index is 1.25. The maximum atomic E-state index is 4.87. The zero-order valence-electron chi connectivity index (χ0n) is 3.07. The molecule has 0 amide bonds. The van der Waals surface area contributed by atoms with Gasteiger partial charge in [0.15, 0.2) is 0 Å². The number of hydrogen-bond donors (Lipinski definition) is 0. The van der Waals surface area contributed by atoms with Gasteiger partial charge in [0.05, 0.1) is 0 Å². The van der Waals surface area contributed by atoms with Crippen LogP contribution >= 0.6 is 0 Å². The van der Waals surface area contributed by atoms with Gasteiger partial charge in [-0.3, -0.25) is 0 Å². The fraction of sp³-hybridized carbons (Fsp3) is 0. The number of hydrogen-bond acceptors (Lipinski definition) is 1. The summed E-state index contributed by atoms with van der Waals surface area (Å²) in [6.45, 7) is 4.87. The van der Waals surface area contributed by atoms with Crippen molar-refractivity contribution in [2.45, 2.75) is 0 Å². The average molecular weight is 261 g/mol. The van der Waals surface area contributed by atoms with Gasteiger partial charge in [0, 0.05) is 0 Å². The van der Waals surface area contributed by atoms with Crippen LogP contribution in [0.3, 0.4) is 0 Å².